The third-order valence-electron chi connectivity index (χ3n) is 4.23. The number of aromatic hydroxyl groups is 1. The van der Waals surface area contributed by atoms with E-state index in [0.29, 0.717) is 5.69 Å². The number of aromatic nitrogens is 2. The number of carbonyl (C=O) groups excluding carboxylic acids is 1. The van der Waals surface area contributed by atoms with Gasteiger partial charge in [0, 0.05) is 18.2 Å². The second-order valence-electron chi connectivity index (χ2n) is 5.64. The summed E-state index contributed by atoms with van der Waals surface area (Å²) < 4.78 is 0. The Morgan fingerprint density at radius 1 is 1.13 bits per heavy atom. The summed E-state index contributed by atoms with van der Waals surface area (Å²) in [5.41, 5.74) is 3.96. The first-order valence-corrected chi connectivity index (χ1v) is 7.36. The Hall–Kier alpha value is -3.08. The fourth-order valence-electron chi connectivity index (χ4n) is 3.17. The molecule has 0 unspecified atom stereocenters. The molecule has 0 saturated carbocycles. The van der Waals surface area contributed by atoms with Gasteiger partial charge in [-0.1, -0.05) is 42.5 Å². The number of phenolic OH excluding ortho intramolecular Hbond substituents is 1. The quantitative estimate of drug-likeness (QED) is 0.765. The van der Waals surface area contributed by atoms with E-state index in [4.69, 9.17) is 0 Å². The first-order chi connectivity index (χ1) is 11.2. The van der Waals surface area contributed by atoms with E-state index < -0.39 is 0 Å². The summed E-state index contributed by atoms with van der Waals surface area (Å²) in [7, 11) is 1.76. The van der Waals surface area contributed by atoms with Crippen molar-refractivity contribution in [1.82, 2.24) is 15.1 Å². The smallest absolute Gasteiger partial charge is 0.272 e. The molecule has 4 rings (SSSR count). The van der Waals surface area contributed by atoms with Crippen LogP contribution in [0.2, 0.25) is 0 Å². The Morgan fingerprint density at radius 3 is 2.65 bits per heavy atom. The van der Waals surface area contributed by atoms with Crippen LogP contribution in [0.5, 0.6) is 5.75 Å². The molecule has 1 aliphatic heterocycles. The highest BCUT2D eigenvalue weighted by molar-refractivity contribution is 6.00. The number of H-pyrrole nitrogens is 1. The number of nitrogens with zero attached hydrogens (tertiary/aromatic N) is 2. The van der Waals surface area contributed by atoms with Crippen LogP contribution in [-0.4, -0.2) is 33.2 Å². The summed E-state index contributed by atoms with van der Waals surface area (Å²) in [6.07, 6.45) is 0. The average molecular weight is 305 g/mol. The molecule has 2 heterocycles. The molecule has 23 heavy (non-hydrogen) atoms. The van der Waals surface area contributed by atoms with Crippen molar-refractivity contribution in [2.75, 3.05) is 7.05 Å². The van der Waals surface area contributed by atoms with Crippen molar-refractivity contribution >= 4 is 5.91 Å². The number of hydrogen-bond donors (Lipinski definition) is 2. The Kier molecular flexibility index (Phi) is 2.94. The lowest BCUT2D eigenvalue weighted by atomic mass is 9.96. The van der Waals surface area contributed by atoms with E-state index in [1.165, 1.54) is 0 Å². The van der Waals surface area contributed by atoms with Crippen LogP contribution in [0.25, 0.3) is 11.3 Å². The zero-order valence-electron chi connectivity index (χ0n) is 12.5. The molecule has 5 nitrogen and oxygen atoms in total. The lowest BCUT2D eigenvalue weighted by molar-refractivity contribution is 0.0787. The molecule has 1 aromatic heterocycles. The molecule has 0 fully saturated rings. The van der Waals surface area contributed by atoms with Crippen LogP contribution < -0.4 is 0 Å². The largest absolute Gasteiger partial charge is 0.508 e. The molecule has 2 N–H and O–H groups in total. The first kappa shape index (κ1) is 13.6. The van der Waals surface area contributed by atoms with Gasteiger partial charge in [0.05, 0.1) is 11.7 Å². The van der Waals surface area contributed by atoms with E-state index >= 15 is 0 Å². The summed E-state index contributed by atoms with van der Waals surface area (Å²) in [4.78, 5) is 14.2. The highest BCUT2D eigenvalue weighted by atomic mass is 16.3. The molecule has 0 bridgehead atoms. The van der Waals surface area contributed by atoms with Gasteiger partial charge in [0.25, 0.3) is 5.91 Å². The van der Waals surface area contributed by atoms with E-state index in [0.717, 1.165) is 22.4 Å². The summed E-state index contributed by atoms with van der Waals surface area (Å²) in [5.74, 6) is 0.0876. The minimum Gasteiger partial charge on any atom is -0.508 e. The van der Waals surface area contributed by atoms with Crippen molar-refractivity contribution in [2.45, 2.75) is 6.04 Å². The Morgan fingerprint density at radius 2 is 1.91 bits per heavy atom. The summed E-state index contributed by atoms with van der Waals surface area (Å²) >= 11 is 0. The third kappa shape index (κ3) is 2.01. The molecule has 114 valence electrons. The minimum atomic E-state index is -0.265. The molecule has 0 radical (unpaired) electrons. The number of phenols is 1. The standard InChI is InChI=1S/C18H15N3O2/c1-21-17(12-8-5-9-13(22)10-12)14-15(11-6-3-2-4-7-11)19-20-16(14)18(21)23/h2-10,17,22H,1H3,(H,19,20)/t17-/m0/s1. The van der Waals surface area contributed by atoms with Crippen LogP contribution in [0.1, 0.15) is 27.7 Å². The number of hydrogen-bond acceptors (Lipinski definition) is 3. The maximum atomic E-state index is 12.5. The maximum absolute atomic E-state index is 12.5. The molecule has 1 amide bonds. The lowest BCUT2D eigenvalue weighted by Crippen LogP contribution is -2.24. The van der Waals surface area contributed by atoms with Crippen LogP contribution in [0, 0.1) is 0 Å². The molecule has 3 aromatic rings. The third-order valence-corrected chi connectivity index (χ3v) is 4.23. The zero-order valence-corrected chi connectivity index (χ0v) is 12.5. The van der Waals surface area contributed by atoms with E-state index in [1.54, 1.807) is 30.1 Å². The van der Waals surface area contributed by atoms with Gasteiger partial charge in [-0.15, -0.1) is 0 Å². The molecule has 0 saturated heterocycles. The van der Waals surface area contributed by atoms with Crippen LogP contribution in [0.3, 0.4) is 0 Å². The topological polar surface area (TPSA) is 69.2 Å². The number of rotatable bonds is 2. The molecule has 5 heteroatoms. The molecule has 1 atom stereocenters. The zero-order chi connectivity index (χ0) is 16.0. The first-order valence-electron chi connectivity index (χ1n) is 7.36. The number of carbonyl (C=O) groups is 1. The van der Waals surface area contributed by atoms with Gasteiger partial charge in [0.2, 0.25) is 0 Å². The van der Waals surface area contributed by atoms with Gasteiger partial charge < -0.3 is 10.0 Å². The highest BCUT2D eigenvalue weighted by Gasteiger charge is 2.40. The molecule has 0 aliphatic carbocycles. The van der Waals surface area contributed by atoms with Gasteiger partial charge in [-0.3, -0.25) is 9.89 Å². The molecular formula is C18H15N3O2. The summed E-state index contributed by atoms with van der Waals surface area (Å²) in [6, 6.07) is 16.5. The second kappa shape index (κ2) is 4.98. The van der Waals surface area contributed by atoms with Gasteiger partial charge in [-0.05, 0) is 17.7 Å². The summed E-state index contributed by atoms with van der Waals surface area (Å²) in [6.45, 7) is 0. The van der Waals surface area contributed by atoms with E-state index in [1.807, 2.05) is 36.4 Å². The second-order valence-corrected chi connectivity index (χ2v) is 5.64. The Bertz CT molecular complexity index is 886. The van der Waals surface area contributed by atoms with Gasteiger partial charge in [-0.25, -0.2) is 0 Å². The van der Waals surface area contributed by atoms with Crippen molar-refractivity contribution in [3.8, 4) is 17.0 Å². The van der Waals surface area contributed by atoms with Crippen molar-refractivity contribution in [3.05, 3.63) is 71.4 Å². The van der Waals surface area contributed by atoms with Crippen LogP contribution in [0.4, 0.5) is 0 Å². The van der Waals surface area contributed by atoms with Crippen molar-refractivity contribution in [2.24, 2.45) is 0 Å². The van der Waals surface area contributed by atoms with Gasteiger partial charge in [0.15, 0.2) is 0 Å². The fraction of sp³-hybridized carbons (Fsp3) is 0.111. The van der Waals surface area contributed by atoms with Gasteiger partial charge in [0.1, 0.15) is 11.4 Å². The van der Waals surface area contributed by atoms with Crippen LogP contribution in [0.15, 0.2) is 54.6 Å². The number of benzene rings is 2. The van der Waals surface area contributed by atoms with Gasteiger partial charge >= 0.3 is 0 Å². The summed E-state index contributed by atoms with van der Waals surface area (Å²) in [5, 5.41) is 17.0. The monoisotopic (exact) mass is 305 g/mol. The fourth-order valence-corrected chi connectivity index (χ4v) is 3.17. The van der Waals surface area contributed by atoms with E-state index in [-0.39, 0.29) is 17.7 Å². The van der Waals surface area contributed by atoms with E-state index in [9.17, 15) is 9.90 Å². The molecule has 0 spiro atoms. The highest BCUT2D eigenvalue weighted by Crippen LogP contribution is 2.42. The van der Waals surface area contributed by atoms with Crippen molar-refractivity contribution in [3.63, 3.8) is 0 Å². The normalized spacial score (nSPS) is 16.7. The molecule has 1 aliphatic rings. The molecule has 2 aromatic carbocycles. The number of nitrogens with one attached hydrogen (secondary N) is 1. The number of amides is 1. The Balaban J connectivity index is 1.92. The van der Waals surface area contributed by atoms with Crippen molar-refractivity contribution in [1.29, 1.82) is 0 Å². The van der Waals surface area contributed by atoms with E-state index in [2.05, 4.69) is 10.2 Å². The lowest BCUT2D eigenvalue weighted by Gasteiger charge is -2.22. The molecular weight excluding hydrogens is 290 g/mol. The minimum absolute atomic E-state index is 0.0944. The average Bonchev–Trinajstić information content (AvgIpc) is 3.09. The van der Waals surface area contributed by atoms with Crippen LogP contribution >= 0.6 is 0 Å². The van der Waals surface area contributed by atoms with Gasteiger partial charge in [-0.2, -0.15) is 5.10 Å². The number of fused-ring (bicyclic) bond motifs is 1. The Labute approximate surface area is 133 Å². The van der Waals surface area contributed by atoms with Crippen LogP contribution in [-0.2, 0) is 0 Å². The SMILES string of the molecule is CN1C(=O)c2[nH]nc(-c3ccccc3)c2[C@@H]1c1cccc(O)c1. The number of aromatic amines is 1. The predicted molar refractivity (Wildman–Crippen MR) is 86.1 cm³/mol. The maximum Gasteiger partial charge on any atom is 0.272 e. The van der Waals surface area contributed by atoms with Crippen molar-refractivity contribution < 1.29 is 9.90 Å². The predicted octanol–water partition coefficient (Wildman–Crippen LogP) is 2.96.